The average Bonchev–Trinajstić information content (AvgIpc) is 3.04. The molecule has 6 nitrogen and oxygen atoms in total. The van der Waals surface area contributed by atoms with Crippen LogP contribution in [-0.4, -0.2) is 20.6 Å². The topological polar surface area (TPSA) is 73.0 Å². The number of anilines is 1. The molecule has 0 spiro atoms. The van der Waals surface area contributed by atoms with Crippen LogP contribution in [0.4, 0.5) is 10.2 Å². The maximum absolute atomic E-state index is 14.8. The fraction of sp³-hybridized carbons (Fsp3) is 0.450. The fourth-order valence-electron chi connectivity index (χ4n) is 3.07. The van der Waals surface area contributed by atoms with Gasteiger partial charge in [0, 0.05) is 12.5 Å². The number of pyridine rings is 1. The first-order chi connectivity index (χ1) is 12.5. The summed E-state index contributed by atoms with van der Waals surface area (Å²) < 4.78 is 21.9. The highest BCUT2D eigenvalue weighted by molar-refractivity contribution is 5.92. The van der Waals surface area contributed by atoms with Gasteiger partial charge in [0.2, 0.25) is 5.91 Å². The summed E-state index contributed by atoms with van der Waals surface area (Å²) in [5.74, 6) is 0.509. The molecule has 0 radical (unpaired) electrons. The van der Waals surface area contributed by atoms with E-state index in [1.165, 1.54) is 0 Å². The number of aryl methyl sites for hydroxylation is 2. The number of rotatable bonds is 4. The molecule has 0 saturated carbocycles. The van der Waals surface area contributed by atoms with Crippen molar-refractivity contribution < 1.29 is 13.7 Å². The molecule has 0 bridgehead atoms. The van der Waals surface area contributed by atoms with Crippen molar-refractivity contribution in [2.45, 2.75) is 54.5 Å². The zero-order valence-corrected chi connectivity index (χ0v) is 16.6. The van der Waals surface area contributed by atoms with E-state index in [-0.39, 0.29) is 16.8 Å². The number of hydrogen-bond acceptors (Lipinski definition) is 4. The lowest BCUT2D eigenvalue weighted by molar-refractivity contribution is -0.117. The molecule has 0 aliphatic heterocycles. The SMILES string of the molecule is Cc1cc(Cn2c(C)c(F)c3nc(NC(=O)CC(C)(C)C)c(C)cc32)on1. The summed E-state index contributed by atoms with van der Waals surface area (Å²) in [6.07, 6.45) is 0.361. The average molecular weight is 372 g/mol. The second-order valence-electron chi connectivity index (χ2n) is 8.23. The summed E-state index contributed by atoms with van der Waals surface area (Å²) in [5, 5.41) is 6.69. The Labute approximate surface area is 157 Å². The van der Waals surface area contributed by atoms with Gasteiger partial charge in [-0.15, -0.1) is 0 Å². The van der Waals surface area contributed by atoms with Crippen LogP contribution in [-0.2, 0) is 11.3 Å². The molecule has 0 atom stereocenters. The van der Waals surface area contributed by atoms with Gasteiger partial charge in [-0.3, -0.25) is 4.79 Å². The van der Waals surface area contributed by atoms with E-state index in [0.717, 1.165) is 11.3 Å². The molecule has 0 unspecified atom stereocenters. The number of nitrogens with one attached hydrogen (secondary N) is 1. The molecular weight excluding hydrogens is 347 g/mol. The smallest absolute Gasteiger partial charge is 0.226 e. The number of halogens is 1. The number of nitrogens with zero attached hydrogens (tertiary/aromatic N) is 3. The van der Waals surface area contributed by atoms with Gasteiger partial charge in [0.1, 0.15) is 11.3 Å². The summed E-state index contributed by atoms with van der Waals surface area (Å²) in [6, 6.07) is 3.67. The quantitative estimate of drug-likeness (QED) is 0.731. The number of carbonyl (C=O) groups excluding carboxylic acids is 1. The number of fused-ring (bicyclic) bond motifs is 1. The van der Waals surface area contributed by atoms with Gasteiger partial charge in [0.05, 0.1) is 23.4 Å². The van der Waals surface area contributed by atoms with Gasteiger partial charge in [-0.05, 0) is 37.8 Å². The Kier molecular flexibility index (Phi) is 4.80. The molecule has 0 aliphatic rings. The highest BCUT2D eigenvalue weighted by Gasteiger charge is 2.21. The number of hydrogen-bond donors (Lipinski definition) is 1. The molecule has 7 heteroatoms. The minimum atomic E-state index is -0.396. The van der Waals surface area contributed by atoms with Gasteiger partial charge < -0.3 is 14.4 Å². The Morgan fingerprint density at radius 2 is 1.96 bits per heavy atom. The van der Waals surface area contributed by atoms with Crippen molar-refractivity contribution in [2.75, 3.05) is 5.32 Å². The van der Waals surface area contributed by atoms with Crippen molar-refractivity contribution in [1.29, 1.82) is 0 Å². The summed E-state index contributed by atoms with van der Waals surface area (Å²) in [7, 11) is 0. The second kappa shape index (κ2) is 6.79. The minimum Gasteiger partial charge on any atom is -0.359 e. The summed E-state index contributed by atoms with van der Waals surface area (Å²) in [6.45, 7) is 11.7. The van der Waals surface area contributed by atoms with Gasteiger partial charge in [-0.25, -0.2) is 9.37 Å². The third-order valence-corrected chi connectivity index (χ3v) is 4.35. The van der Waals surface area contributed by atoms with E-state index < -0.39 is 5.82 Å². The van der Waals surface area contributed by atoms with E-state index in [1.807, 2.05) is 51.3 Å². The first kappa shape index (κ1) is 19.1. The number of aromatic nitrogens is 3. The summed E-state index contributed by atoms with van der Waals surface area (Å²) in [5.41, 5.74) is 2.77. The van der Waals surface area contributed by atoms with Gasteiger partial charge in [-0.1, -0.05) is 25.9 Å². The number of carbonyl (C=O) groups is 1. The minimum absolute atomic E-state index is 0.133. The van der Waals surface area contributed by atoms with Crippen molar-refractivity contribution >= 4 is 22.8 Å². The second-order valence-corrected chi connectivity index (χ2v) is 8.23. The lowest BCUT2D eigenvalue weighted by Crippen LogP contribution is -2.20. The zero-order valence-electron chi connectivity index (χ0n) is 16.6. The van der Waals surface area contributed by atoms with Crippen molar-refractivity contribution in [2.24, 2.45) is 5.41 Å². The third-order valence-electron chi connectivity index (χ3n) is 4.35. The maximum atomic E-state index is 14.8. The van der Waals surface area contributed by atoms with Crippen LogP contribution in [0.25, 0.3) is 11.0 Å². The molecule has 3 rings (SSSR count). The Hall–Kier alpha value is -2.70. The van der Waals surface area contributed by atoms with Crippen LogP contribution in [0.5, 0.6) is 0 Å². The molecule has 0 fully saturated rings. The summed E-state index contributed by atoms with van der Waals surface area (Å²) >= 11 is 0. The molecule has 144 valence electrons. The normalized spacial score (nSPS) is 12.0. The lowest BCUT2D eigenvalue weighted by Gasteiger charge is -2.17. The van der Waals surface area contributed by atoms with Gasteiger partial charge in [-0.2, -0.15) is 0 Å². The van der Waals surface area contributed by atoms with Crippen molar-refractivity contribution in [3.05, 3.63) is 40.7 Å². The first-order valence-corrected chi connectivity index (χ1v) is 8.93. The van der Waals surface area contributed by atoms with Gasteiger partial charge in [0.15, 0.2) is 11.6 Å². The first-order valence-electron chi connectivity index (χ1n) is 8.93. The van der Waals surface area contributed by atoms with Crippen LogP contribution in [0.2, 0.25) is 0 Å². The standard InChI is InChI=1S/C20H25FN4O2/c1-11-7-15-18(23-19(11)22-16(26)9-20(4,5)6)17(21)13(3)25(15)10-14-8-12(2)24-27-14/h7-8H,9-10H2,1-6H3,(H,22,23,26). The predicted molar refractivity (Wildman–Crippen MR) is 102 cm³/mol. The fourth-order valence-corrected chi connectivity index (χ4v) is 3.07. The van der Waals surface area contributed by atoms with E-state index in [9.17, 15) is 9.18 Å². The van der Waals surface area contributed by atoms with E-state index in [0.29, 0.717) is 35.8 Å². The van der Waals surface area contributed by atoms with E-state index in [2.05, 4.69) is 15.5 Å². The molecule has 3 aromatic rings. The molecule has 1 amide bonds. The third kappa shape index (κ3) is 4.02. The largest absolute Gasteiger partial charge is 0.359 e. The van der Waals surface area contributed by atoms with Crippen LogP contribution in [0.1, 0.15) is 49.9 Å². The van der Waals surface area contributed by atoms with Crippen LogP contribution >= 0.6 is 0 Å². The van der Waals surface area contributed by atoms with Crippen molar-refractivity contribution in [1.82, 2.24) is 14.7 Å². The Morgan fingerprint density at radius 3 is 2.56 bits per heavy atom. The van der Waals surface area contributed by atoms with E-state index in [4.69, 9.17) is 4.52 Å². The molecule has 3 heterocycles. The molecule has 3 aromatic heterocycles. The zero-order chi connectivity index (χ0) is 19.9. The highest BCUT2D eigenvalue weighted by atomic mass is 19.1. The highest BCUT2D eigenvalue weighted by Crippen LogP contribution is 2.28. The van der Waals surface area contributed by atoms with Crippen LogP contribution in [0, 0.1) is 32.0 Å². The van der Waals surface area contributed by atoms with E-state index in [1.54, 1.807) is 6.92 Å². The Balaban J connectivity index is 1.98. The maximum Gasteiger partial charge on any atom is 0.226 e. The van der Waals surface area contributed by atoms with Gasteiger partial charge >= 0.3 is 0 Å². The Bertz CT molecular complexity index is 1010. The molecule has 27 heavy (non-hydrogen) atoms. The molecule has 0 saturated heterocycles. The van der Waals surface area contributed by atoms with Crippen molar-refractivity contribution in [3.8, 4) is 0 Å². The molecule has 0 aromatic carbocycles. The summed E-state index contributed by atoms with van der Waals surface area (Å²) in [4.78, 5) is 16.6. The molecular formula is C20H25FN4O2. The van der Waals surface area contributed by atoms with Crippen LogP contribution in [0.15, 0.2) is 16.7 Å². The Morgan fingerprint density at radius 1 is 1.26 bits per heavy atom. The van der Waals surface area contributed by atoms with E-state index >= 15 is 0 Å². The monoisotopic (exact) mass is 372 g/mol. The van der Waals surface area contributed by atoms with Crippen LogP contribution < -0.4 is 5.32 Å². The number of amides is 1. The van der Waals surface area contributed by atoms with Crippen LogP contribution in [0.3, 0.4) is 0 Å². The molecule has 1 N–H and O–H groups in total. The molecule has 0 aliphatic carbocycles. The lowest BCUT2D eigenvalue weighted by atomic mass is 9.92. The van der Waals surface area contributed by atoms with Gasteiger partial charge in [0.25, 0.3) is 0 Å². The predicted octanol–water partition coefficient (Wildman–Crippen LogP) is 4.51. The van der Waals surface area contributed by atoms with Crippen molar-refractivity contribution in [3.63, 3.8) is 0 Å².